The van der Waals surface area contributed by atoms with Crippen LogP contribution in [0.3, 0.4) is 0 Å². The third kappa shape index (κ3) is 10.1. The van der Waals surface area contributed by atoms with Crippen molar-refractivity contribution >= 4 is 16.1 Å². The minimum atomic E-state index is -3.79. The van der Waals surface area contributed by atoms with Crippen LogP contribution in [0.5, 0.6) is 0 Å². The Bertz CT molecular complexity index is 574. The van der Waals surface area contributed by atoms with Crippen molar-refractivity contribution in [2.45, 2.75) is 76.0 Å². The van der Waals surface area contributed by atoms with Gasteiger partial charge in [-0.05, 0) is 18.6 Å². The van der Waals surface area contributed by atoms with Gasteiger partial charge in [0.2, 0.25) is 0 Å². The van der Waals surface area contributed by atoms with Gasteiger partial charge in [0.1, 0.15) is 0 Å². The van der Waals surface area contributed by atoms with Crippen LogP contribution in [0, 0.1) is 0 Å². The molecule has 2 N–H and O–H groups in total. The Morgan fingerprint density at radius 1 is 0.840 bits per heavy atom. The minimum Gasteiger partial charge on any atom is -0.337 e. The zero-order valence-corrected chi connectivity index (χ0v) is 16.1. The quantitative estimate of drug-likeness (QED) is 0.500. The van der Waals surface area contributed by atoms with E-state index in [2.05, 4.69) is 12.2 Å². The van der Waals surface area contributed by atoms with Gasteiger partial charge in [0.05, 0.1) is 4.90 Å². The van der Waals surface area contributed by atoms with E-state index in [-0.39, 0.29) is 4.90 Å². The maximum atomic E-state index is 12.0. The summed E-state index contributed by atoms with van der Waals surface area (Å²) in [6.45, 7) is 2.72. The predicted octanol–water partition coefficient (Wildman–Crippen LogP) is 4.60. The van der Waals surface area contributed by atoms with Crippen LogP contribution >= 0.6 is 0 Å². The van der Waals surface area contributed by atoms with Gasteiger partial charge in [-0.25, -0.2) is 17.9 Å². The summed E-state index contributed by atoms with van der Waals surface area (Å²) in [7, 11) is -3.79. The van der Waals surface area contributed by atoms with E-state index >= 15 is 0 Å². The molecule has 25 heavy (non-hydrogen) atoms. The van der Waals surface area contributed by atoms with Crippen LogP contribution in [-0.2, 0) is 10.0 Å². The van der Waals surface area contributed by atoms with Crippen molar-refractivity contribution in [2.24, 2.45) is 0 Å². The van der Waals surface area contributed by atoms with E-state index in [0.29, 0.717) is 6.54 Å². The van der Waals surface area contributed by atoms with Crippen molar-refractivity contribution in [3.8, 4) is 0 Å². The highest BCUT2D eigenvalue weighted by Gasteiger charge is 2.16. The zero-order valence-electron chi connectivity index (χ0n) is 15.3. The lowest BCUT2D eigenvalue weighted by molar-refractivity contribution is 0.245. The highest BCUT2D eigenvalue weighted by molar-refractivity contribution is 7.90. The second kappa shape index (κ2) is 12.8. The lowest BCUT2D eigenvalue weighted by Gasteiger charge is -2.08. The molecule has 0 aromatic heterocycles. The van der Waals surface area contributed by atoms with Crippen LogP contribution in [-0.4, -0.2) is 21.0 Å². The average Bonchev–Trinajstić information content (AvgIpc) is 2.60. The number of benzene rings is 1. The first-order chi connectivity index (χ1) is 12.1. The number of hydrogen-bond donors (Lipinski definition) is 2. The molecule has 5 nitrogen and oxygen atoms in total. The van der Waals surface area contributed by atoms with Gasteiger partial charge in [0.25, 0.3) is 10.0 Å². The summed E-state index contributed by atoms with van der Waals surface area (Å²) in [6.07, 6.45) is 12.2. The molecule has 0 atom stereocenters. The summed E-state index contributed by atoms with van der Waals surface area (Å²) in [6, 6.07) is 7.21. The van der Waals surface area contributed by atoms with Crippen molar-refractivity contribution in [3.63, 3.8) is 0 Å². The fourth-order valence-corrected chi connectivity index (χ4v) is 3.58. The van der Waals surface area contributed by atoms with E-state index in [9.17, 15) is 13.2 Å². The van der Waals surface area contributed by atoms with Crippen LogP contribution in [0.4, 0.5) is 4.79 Å². The van der Waals surface area contributed by atoms with Crippen LogP contribution in [0.2, 0.25) is 0 Å². The number of sulfonamides is 1. The van der Waals surface area contributed by atoms with Crippen molar-refractivity contribution in [1.82, 2.24) is 10.0 Å². The molecule has 1 aromatic carbocycles. The van der Waals surface area contributed by atoms with E-state index in [1.54, 1.807) is 18.2 Å². The molecule has 0 aliphatic carbocycles. The lowest BCUT2D eigenvalue weighted by Crippen LogP contribution is -2.39. The maximum Gasteiger partial charge on any atom is 0.328 e. The van der Waals surface area contributed by atoms with E-state index in [0.717, 1.165) is 12.8 Å². The number of carbonyl (C=O) groups excluding carboxylic acids is 1. The average molecular weight is 369 g/mol. The zero-order chi connectivity index (χ0) is 18.4. The number of hydrogen-bond acceptors (Lipinski definition) is 3. The lowest BCUT2D eigenvalue weighted by atomic mass is 10.1. The summed E-state index contributed by atoms with van der Waals surface area (Å²) in [5, 5.41) is 2.60. The van der Waals surface area contributed by atoms with Gasteiger partial charge in [0.15, 0.2) is 0 Å². The molecule has 0 aliphatic rings. The molecular formula is C19H32N2O3S. The Morgan fingerprint density at radius 2 is 1.36 bits per heavy atom. The van der Waals surface area contributed by atoms with Crippen LogP contribution in [0.1, 0.15) is 71.1 Å². The molecule has 0 radical (unpaired) electrons. The monoisotopic (exact) mass is 368 g/mol. The smallest absolute Gasteiger partial charge is 0.328 e. The Morgan fingerprint density at radius 3 is 1.92 bits per heavy atom. The fraction of sp³-hybridized carbons (Fsp3) is 0.632. The van der Waals surface area contributed by atoms with Gasteiger partial charge >= 0.3 is 6.03 Å². The van der Waals surface area contributed by atoms with Crippen molar-refractivity contribution in [1.29, 1.82) is 0 Å². The van der Waals surface area contributed by atoms with Gasteiger partial charge in [-0.15, -0.1) is 0 Å². The number of amides is 2. The summed E-state index contributed by atoms with van der Waals surface area (Å²) >= 11 is 0. The van der Waals surface area contributed by atoms with Crippen molar-refractivity contribution in [3.05, 3.63) is 30.3 Å². The normalized spacial score (nSPS) is 11.2. The van der Waals surface area contributed by atoms with Crippen molar-refractivity contribution < 1.29 is 13.2 Å². The van der Waals surface area contributed by atoms with E-state index in [4.69, 9.17) is 0 Å². The number of urea groups is 1. The second-order valence-corrected chi connectivity index (χ2v) is 8.04. The SMILES string of the molecule is CCCCCCCCCCCCNC(=O)NS(=O)(=O)c1ccccc1. The highest BCUT2D eigenvalue weighted by Crippen LogP contribution is 2.10. The molecule has 0 saturated heterocycles. The largest absolute Gasteiger partial charge is 0.337 e. The third-order valence-corrected chi connectivity index (χ3v) is 5.44. The first-order valence-corrected chi connectivity index (χ1v) is 10.9. The molecule has 2 amide bonds. The van der Waals surface area contributed by atoms with Crippen LogP contribution in [0.25, 0.3) is 0 Å². The number of rotatable bonds is 13. The van der Waals surface area contributed by atoms with Gasteiger partial charge in [-0.1, -0.05) is 82.9 Å². The third-order valence-electron chi connectivity index (χ3n) is 4.10. The van der Waals surface area contributed by atoms with Gasteiger partial charge in [-0.3, -0.25) is 0 Å². The number of nitrogens with one attached hydrogen (secondary N) is 2. The van der Waals surface area contributed by atoms with Crippen LogP contribution in [0.15, 0.2) is 35.2 Å². The molecule has 0 unspecified atom stereocenters. The van der Waals surface area contributed by atoms with E-state index < -0.39 is 16.1 Å². The molecule has 1 rings (SSSR count). The first-order valence-electron chi connectivity index (χ1n) is 9.42. The Hall–Kier alpha value is -1.56. The summed E-state index contributed by atoms with van der Waals surface area (Å²) in [4.78, 5) is 11.8. The van der Waals surface area contributed by atoms with Crippen LogP contribution < -0.4 is 10.0 Å². The fourth-order valence-electron chi connectivity index (χ4n) is 2.63. The summed E-state index contributed by atoms with van der Waals surface area (Å²) in [5.74, 6) is 0. The van der Waals surface area contributed by atoms with E-state index in [1.165, 1.54) is 63.5 Å². The van der Waals surface area contributed by atoms with Crippen molar-refractivity contribution in [2.75, 3.05) is 6.54 Å². The molecule has 142 valence electrons. The second-order valence-electron chi connectivity index (χ2n) is 6.36. The van der Waals surface area contributed by atoms with E-state index in [1.807, 2.05) is 4.72 Å². The highest BCUT2D eigenvalue weighted by atomic mass is 32.2. The number of unbranched alkanes of at least 4 members (excludes halogenated alkanes) is 9. The molecule has 0 bridgehead atoms. The molecule has 6 heteroatoms. The van der Waals surface area contributed by atoms with Gasteiger partial charge in [0, 0.05) is 6.54 Å². The molecular weight excluding hydrogens is 336 g/mol. The molecule has 0 fully saturated rings. The molecule has 1 aromatic rings. The molecule has 0 aliphatic heterocycles. The standard InChI is InChI=1S/C19H32N2O3S/c1-2-3-4-5-6-7-8-9-10-14-17-20-19(22)21-25(23,24)18-15-12-11-13-16-18/h11-13,15-16H,2-10,14,17H2,1H3,(H2,20,21,22). The minimum absolute atomic E-state index is 0.0871. The Balaban J connectivity index is 2.04. The maximum absolute atomic E-state index is 12.0. The summed E-state index contributed by atoms with van der Waals surface area (Å²) in [5.41, 5.74) is 0. The molecule has 0 saturated carbocycles. The molecule has 0 heterocycles. The Labute approximate surface area is 152 Å². The van der Waals surface area contributed by atoms with Gasteiger partial charge in [-0.2, -0.15) is 0 Å². The topological polar surface area (TPSA) is 75.3 Å². The first kappa shape index (κ1) is 21.5. The van der Waals surface area contributed by atoms with Gasteiger partial charge < -0.3 is 5.32 Å². The predicted molar refractivity (Wildman–Crippen MR) is 102 cm³/mol. The Kier molecular flexibility index (Phi) is 11.0. The molecule has 0 spiro atoms. The summed E-state index contributed by atoms with van der Waals surface area (Å²) < 4.78 is 26.0. The number of carbonyl (C=O) groups is 1.